The van der Waals surface area contributed by atoms with Crippen molar-refractivity contribution >= 4 is 63.7 Å². The van der Waals surface area contributed by atoms with E-state index in [1.165, 1.54) is 106 Å². The lowest BCUT2D eigenvalue weighted by Gasteiger charge is -2.17. The van der Waals surface area contributed by atoms with Gasteiger partial charge < -0.3 is 0 Å². The molecule has 0 unspecified atom stereocenters. The van der Waals surface area contributed by atoms with Crippen molar-refractivity contribution in [1.29, 1.82) is 0 Å². The molecule has 0 saturated heterocycles. The second-order valence-corrected chi connectivity index (χ2v) is 10.4. The first-order chi connectivity index (χ1) is 12.5. The zero-order valence-corrected chi connectivity index (χ0v) is 22.8. The van der Waals surface area contributed by atoms with E-state index >= 15 is 0 Å². The molecule has 150 valence electrons. The van der Waals surface area contributed by atoms with Gasteiger partial charge in [0.2, 0.25) is 0 Å². The van der Waals surface area contributed by atoms with Crippen molar-refractivity contribution in [3.05, 3.63) is 29.0 Å². The van der Waals surface area contributed by atoms with Crippen LogP contribution in [0.2, 0.25) is 0 Å². The van der Waals surface area contributed by atoms with E-state index in [2.05, 4.69) is 77.6 Å². The molecule has 0 spiro atoms. The normalized spacial score (nSPS) is 11.3. The van der Waals surface area contributed by atoms with E-state index in [4.69, 9.17) is 0 Å². The average Bonchev–Trinajstić information content (AvgIpc) is 2.64. The second-order valence-electron chi connectivity index (χ2n) is 7.25. The van der Waals surface area contributed by atoms with Gasteiger partial charge >= 0.3 is 0 Å². The molecule has 0 nitrogen and oxygen atoms in total. The third kappa shape index (κ3) is 8.66. The Morgan fingerprint density at radius 1 is 0.423 bits per heavy atom. The molecule has 0 N–H and O–H groups in total. The van der Waals surface area contributed by atoms with Crippen molar-refractivity contribution in [2.45, 2.75) is 104 Å². The van der Waals surface area contributed by atoms with Crippen molar-refractivity contribution < 1.29 is 0 Å². The molecule has 0 aromatic heterocycles. The SMILES string of the molecule is CCCCCCCCc1c(Br)c(Br)c(CCCCCCCC)c(Br)c1Br. The highest BCUT2D eigenvalue weighted by Crippen LogP contribution is 2.43. The van der Waals surface area contributed by atoms with Crippen LogP contribution in [0.15, 0.2) is 17.9 Å². The summed E-state index contributed by atoms with van der Waals surface area (Å²) in [5, 5.41) is 0. The zero-order valence-electron chi connectivity index (χ0n) is 16.4. The lowest BCUT2D eigenvalue weighted by atomic mass is 10.0. The van der Waals surface area contributed by atoms with Crippen LogP contribution in [0.3, 0.4) is 0 Å². The number of hydrogen-bond acceptors (Lipinski definition) is 0. The third-order valence-electron chi connectivity index (χ3n) is 5.01. The molecule has 0 aliphatic carbocycles. The van der Waals surface area contributed by atoms with E-state index < -0.39 is 0 Å². The van der Waals surface area contributed by atoms with Crippen LogP contribution in [0.25, 0.3) is 0 Å². The molecule has 1 aromatic carbocycles. The van der Waals surface area contributed by atoms with Crippen molar-refractivity contribution in [3.8, 4) is 0 Å². The van der Waals surface area contributed by atoms with Crippen LogP contribution < -0.4 is 0 Å². The predicted octanol–water partition coefficient (Wildman–Crippen LogP) is 10.5. The summed E-state index contributed by atoms with van der Waals surface area (Å²) in [5.41, 5.74) is 2.79. The summed E-state index contributed by atoms with van der Waals surface area (Å²) in [6, 6.07) is 0. The van der Waals surface area contributed by atoms with Gasteiger partial charge in [0, 0.05) is 17.9 Å². The molecule has 26 heavy (non-hydrogen) atoms. The van der Waals surface area contributed by atoms with Crippen LogP contribution in [-0.4, -0.2) is 0 Å². The summed E-state index contributed by atoms with van der Waals surface area (Å²) >= 11 is 15.4. The lowest BCUT2D eigenvalue weighted by molar-refractivity contribution is 0.604. The van der Waals surface area contributed by atoms with Crippen LogP contribution in [0, 0.1) is 0 Å². The summed E-state index contributed by atoms with van der Waals surface area (Å²) in [7, 11) is 0. The van der Waals surface area contributed by atoms with Gasteiger partial charge in [0.25, 0.3) is 0 Å². The highest BCUT2D eigenvalue weighted by atomic mass is 79.9. The Labute approximate surface area is 195 Å². The van der Waals surface area contributed by atoms with Gasteiger partial charge in [0.1, 0.15) is 0 Å². The molecule has 0 aliphatic rings. The molecule has 0 radical (unpaired) electrons. The van der Waals surface area contributed by atoms with Crippen molar-refractivity contribution in [1.82, 2.24) is 0 Å². The maximum Gasteiger partial charge on any atom is 0.0364 e. The highest BCUT2D eigenvalue weighted by Gasteiger charge is 2.18. The maximum atomic E-state index is 3.86. The number of rotatable bonds is 14. The first-order valence-corrected chi connectivity index (χ1v) is 13.5. The standard InChI is InChI=1S/C22H34Br4/c1-3-5-7-9-11-13-15-17-19(23)21(25)18(22(26)20(17)24)16-14-12-10-8-6-4-2/h3-16H2,1-2H3. The van der Waals surface area contributed by atoms with Gasteiger partial charge in [-0.15, -0.1) is 0 Å². The van der Waals surface area contributed by atoms with Gasteiger partial charge in [-0.1, -0.05) is 78.1 Å². The highest BCUT2D eigenvalue weighted by molar-refractivity contribution is 9.14. The summed E-state index contributed by atoms with van der Waals surface area (Å²) in [4.78, 5) is 0. The van der Waals surface area contributed by atoms with Crippen molar-refractivity contribution in [2.75, 3.05) is 0 Å². The van der Waals surface area contributed by atoms with E-state index in [-0.39, 0.29) is 0 Å². The number of benzene rings is 1. The fourth-order valence-electron chi connectivity index (χ4n) is 3.33. The molecule has 1 rings (SSSR count). The van der Waals surface area contributed by atoms with Crippen LogP contribution in [0.4, 0.5) is 0 Å². The average molecular weight is 618 g/mol. The molecule has 0 bridgehead atoms. The summed E-state index contributed by atoms with van der Waals surface area (Å²) in [5.74, 6) is 0. The van der Waals surface area contributed by atoms with Gasteiger partial charge in [-0.05, 0) is 101 Å². The Morgan fingerprint density at radius 2 is 0.692 bits per heavy atom. The first kappa shape index (κ1) is 25.2. The van der Waals surface area contributed by atoms with Gasteiger partial charge in [0.05, 0.1) is 0 Å². The van der Waals surface area contributed by atoms with E-state index in [1.54, 1.807) is 0 Å². The molecule has 4 heteroatoms. The fourth-order valence-corrected chi connectivity index (χ4v) is 6.40. The van der Waals surface area contributed by atoms with Crippen LogP contribution in [-0.2, 0) is 12.8 Å². The molecule has 0 fully saturated rings. The number of halogens is 4. The van der Waals surface area contributed by atoms with E-state index in [0.29, 0.717) is 0 Å². The Balaban J connectivity index is 2.61. The molecular formula is C22H34Br4. The molecule has 1 aromatic rings. The quantitative estimate of drug-likeness (QED) is 0.144. The Kier molecular flexibility index (Phi) is 14.6. The topological polar surface area (TPSA) is 0 Å². The monoisotopic (exact) mass is 614 g/mol. The van der Waals surface area contributed by atoms with Gasteiger partial charge in [-0.25, -0.2) is 0 Å². The first-order valence-electron chi connectivity index (χ1n) is 10.4. The molecule has 0 aliphatic heterocycles. The Morgan fingerprint density at radius 3 is 1.00 bits per heavy atom. The second kappa shape index (κ2) is 15.0. The molecular weight excluding hydrogens is 584 g/mol. The lowest BCUT2D eigenvalue weighted by Crippen LogP contribution is -1.98. The van der Waals surface area contributed by atoms with Gasteiger partial charge in [-0.2, -0.15) is 0 Å². The van der Waals surface area contributed by atoms with Crippen LogP contribution in [0.5, 0.6) is 0 Å². The Bertz CT molecular complexity index is 449. The largest absolute Gasteiger partial charge is 0.0654 e. The smallest absolute Gasteiger partial charge is 0.0364 e. The summed E-state index contributed by atoms with van der Waals surface area (Å²) in [6.07, 6.45) is 18.3. The number of hydrogen-bond donors (Lipinski definition) is 0. The Hall–Kier alpha value is 1.14. The molecule has 0 saturated carbocycles. The minimum atomic E-state index is 1.13. The van der Waals surface area contributed by atoms with E-state index in [1.807, 2.05) is 0 Å². The fraction of sp³-hybridized carbons (Fsp3) is 0.727. The minimum absolute atomic E-state index is 1.13. The van der Waals surface area contributed by atoms with Crippen LogP contribution in [0.1, 0.15) is 102 Å². The summed E-state index contributed by atoms with van der Waals surface area (Å²) < 4.78 is 4.95. The zero-order chi connectivity index (χ0) is 19.4. The minimum Gasteiger partial charge on any atom is -0.0654 e. The van der Waals surface area contributed by atoms with E-state index in [9.17, 15) is 0 Å². The van der Waals surface area contributed by atoms with Crippen molar-refractivity contribution in [3.63, 3.8) is 0 Å². The summed E-state index contributed by atoms with van der Waals surface area (Å²) in [6.45, 7) is 4.55. The predicted molar refractivity (Wildman–Crippen MR) is 131 cm³/mol. The van der Waals surface area contributed by atoms with E-state index in [0.717, 1.165) is 12.8 Å². The van der Waals surface area contributed by atoms with Gasteiger partial charge in [0.15, 0.2) is 0 Å². The molecule has 0 heterocycles. The van der Waals surface area contributed by atoms with Crippen molar-refractivity contribution in [2.24, 2.45) is 0 Å². The third-order valence-corrected chi connectivity index (χ3v) is 9.57. The van der Waals surface area contributed by atoms with Gasteiger partial charge in [-0.3, -0.25) is 0 Å². The number of unbranched alkanes of at least 4 members (excludes halogenated alkanes) is 10. The maximum absolute atomic E-state index is 3.86. The molecule has 0 atom stereocenters. The molecule has 0 amide bonds. The van der Waals surface area contributed by atoms with Crippen LogP contribution >= 0.6 is 63.7 Å².